The Morgan fingerprint density at radius 1 is 1.57 bits per heavy atom. The van der Waals surface area contributed by atoms with E-state index in [1.165, 1.54) is 0 Å². The van der Waals surface area contributed by atoms with E-state index in [0.717, 1.165) is 25.5 Å². The third-order valence-corrected chi connectivity index (χ3v) is 2.71. The summed E-state index contributed by atoms with van der Waals surface area (Å²) in [5, 5.41) is 3.45. The minimum atomic E-state index is 0.280. The monoisotopic (exact) mass is 195 g/mol. The van der Waals surface area contributed by atoms with Gasteiger partial charge in [-0.2, -0.15) is 0 Å². The van der Waals surface area contributed by atoms with Gasteiger partial charge in [-0.15, -0.1) is 0 Å². The maximum atomic E-state index is 5.32. The van der Waals surface area contributed by atoms with Gasteiger partial charge >= 0.3 is 0 Å². The van der Waals surface area contributed by atoms with Gasteiger partial charge in [-0.3, -0.25) is 0 Å². The molecule has 3 heteroatoms. The molecule has 78 valence electrons. The van der Waals surface area contributed by atoms with E-state index < -0.39 is 0 Å². The van der Waals surface area contributed by atoms with E-state index >= 15 is 0 Å². The van der Waals surface area contributed by atoms with Crippen molar-refractivity contribution in [3.63, 3.8) is 0 Å². The molecule has 1 fully saturated rings. The van der Waals surface area contributed by atoms with Crippen LogP contribution in [0.2, 0.25) is 0 Å². The Hall–Kier alpha value is -0.800. The lowest BCUT2D eigenvalue weighted by Gasteiger charge is -2.38. The van der Waals surface area contributed by atoms with E-state index in [4.69, 9.17) is 9.15 Å². The number of rotatable bonds is 4. The minimum absolute atomic E-state index is 0.280. The molecule has 0 radical (unpaired) electrons. The Bertz CT molecular complexity index is 277. The summed E-state index contributed by atoms with van der Waals surface area (Å²) < 4.78 is 10.5. The predicted octanol–water partition coefficient (Wildman–Crippen LogP) is 1.97. The normalized spacial score (nSPS) is 21.6. The fourth-order valence-corrected chi connectivity index (χ4v) is 1.59. The lowest BCUT2D eigenvalue weighted by molar-refractivity contribution is -0.100. The smallest absolute Gasteiger partial charge is 0.120 e. The van der Waals surface area contributed by atoms with E-state index in [1.54, 1.807) is 6.26 Å². The first kappa shape index (κ1) is 9.74. The van der Waals surface area contributed by atoms with Gasteiger partial charge in [0.25, 0.3) is 0 Å². The highest BCUT2D eigenvalue weighted by molar-refractivity contribution is 5.03. The van der Waals surface area contributed by atoms with Gasteiger partial charge in [0.2, 0.25) is 0 Å². The second-order valence-corrected chi connectivity index (χ2v) is 4.42. The quantitative estimate of drug-likeness (QED) is 0.797. The highest BCUT2D eigenvalue weighted by atomic mass is 16.5. The van der Waals surface area contributed by atoms with Crippen LogP contribution in [0.3, 0.4) is 0 Å². The topological polar surface area (TPSA) is 34.4 Å². The average molecular weight is 195 g/mol. The molecule has 0 bridgehead atoms. The zero-order valence-corrected chi connectivity index (χ0v) is 8.75. The van der Waals surface area contributed by atoms with Crippen LogP contribution in [0.25, 0.3) is 0 Å². The largest absolute Gasteiger partial charge is 0.468 e. The van der Waals surface area contributed by atoms with Crippen LogP contribution in [0.15, 0.2) is 22.8 Å². The summed E-state index contributed by atoms with van der Waals surface area (Å²) in [6, 6.07) is 4.20. The molecule has 1 aromatic heterocycles. The summed E-state index contributed by atoms with van der Waals surface area (Å²) in [7, 11) is 0. The Labute approximate surface area is 84.4 Å². The number of ether oxygens (including phenoxy) is 1. The molecule has 3 nitrogen and oxygen atoms in total. The van der Waals surface area contributed by atoms with Crippen molar-refractivity contribution >= 4 is 0 Å². The third-order valence-electron chi connectivity index (χ3n) is 2.71. The standard InChI is InChI=1S/C11H17NO2/c1-9(10-4-3-5-14-10)12-6-11(2)7-13-8-11/h3-5,9,12H,6-8H2,1-2H3/t9-/m1/s1. The molecule has 14 heavy (non-hydrogen) atoms. The zero-order valence-electron chi connectivity index (χ0n) is 8.75. The number of hydrogen-bond donors (Lipinski definition) is 1. The van der Waals surface area contributed by atoms with Crippen molar-refractivity contribution in [1.29, 1.82) is 0 Å². The molecule has 2 heterocycles. The van der Waals surface area contributed by atoms with Crippen molar-refractivity contribution in [3.8, 4) is 0 Å². The highest BCUT2D eigenvalue weighted by Gasteiger charge is 2.33. The molecule has 1 aromatic rings. The molecule has 0 aromatic carbocycles. The summed E-state index contributed by atoms with van der Waals surface area (Å²) in [5.74, 6) is 0.994. The summed E-state index contributed by atoms with van der Waals surface area (Å²) in [4.78, 5) is 0. The molecule has 0 aliphatic carbocycles. The van der Waals surface area contributed by atoms with Gasteiger partial charge in [0.15, 0.2) is 0 Å². The molecule has 0 unspecified atom stereocenters. The maximum absolute atomic E-state index is 5.32. The van der Waals surface area contributed by atoms with Crippen LogP contribution in [0.5, 0.6) is 0 Å². The van der Waals surface area contributed by atoms with E-state index in [2.05, 4.69) is 19.2 Å². The van der Waals surface area contributed by atoms with Crippen LogP contribution in [-0.4, -0.2) is 19.8 Å². The Kier molecular flexibility index (Phi) is 2.61. The number of hydrogen-bond acceptors (Lipinski definition) is 3. The molecule has 1 N–H and O–H groups in total. The predicted molar refractivity (Wildman–Crippen MR) is 54.1 cm³/mol. The van der Waals surface area contributed by atoms with Crippen LogP contribution < -0.4 is 5.32 Å². The van der Waals surface area contributed by atoms with Crippen LogP contribution in [0.4, 0.5) is 0 Å². The van der Waals surface area contributed by atoms with E-state index in [-0.39, 0.29) is 6.04 Å². The second kappa shape index (κ2) is 3.75. The molecular formula is C11H17NO2. The maximum Gasteiger partial charge on any atom is 0.120 e. The van der Waals surface area contributed by atoms with Gasteiger partial charge in [0.1, 0.15) is 5.76 Å². The molecule has 0 saturated carbocycles. The Balaban J connectivity index is 1.80. The Morgan fingerprint density at radius 2 is 2.36 bits per heavy atom. The second-order valence-electron chi connectivity index (χ2n) is 4.42. The highest BCUT2D eigenvalue weighted by Crippen LogP contribution is 2.26. The lowest BCUT2D eigenvalue weighted by atomic mass is 9.88. The SMILES string of the molecule is C[C@@H](NCC1(C)COC1)c1ccco1. The Morgan fingerprint density at radius 3 is 2.86 bits per heavy atom. The molecule has 1 atom stereocenters. The summed E-state index contributed by atoms with van der Waals surface area (Å²) in [5.41, 5.74) is 0.320. The molecule has 0 amide bonds. The molecular weight excluding hydrogens is 178 g/mol. The summed E-state index contributed by atoms with van der Waals surface area (Å²) >= 11 is 0. The molecule has 0 spiro atoms. The first-order chi connectivity index (χ1) is 6.70. The number of nitrogens with one attached hydrogen (secondary N) is 1. The van der Waals surface area contributed by atoms with E-state index in [0.29, 0.717) is 5.41 Å². The molecule has 1 aliphatic heterocycles. The van der Waals surface area contributed by atoms with Crippen LogP contribution in [0, 0.1) is 5.41 Å². The van der Waals surface area contributed by atoms with Crippen molar-refractivity contribution in [1.82, 2.24) is 5.32 Å². The molecule has 2 rings (SSSR count). The summed E-state index contributed by atoms with van der Waals surface area (Å²) in [6.07, 6.45) is 1.71. The first-order valence-electron chi connectivity index (χ1n) is 5.04. The van der Waals surface area contributed by atoms with Crippen molar-refractivity contribution in [2.75, 3.05) is 19.8 Å². The van der Waals surface area contributed by atoms with Crippen molar-refractivity contribution in [2.45, 2.75) is 19.9 Å². The number of furan rings is 1. The fraction of sp³-hybridized carbons (Fsp3) is 0.636. The zero-order chi connectivity index (χ0) is 10.0. The van der Waals surface area contributed by atoms with Crippen molar-refractivity contribution in [2.24, 2.45) is 5.41 Å². The lowest BCUT2D eigenvalue weighted by Crippen LogP contribution is -2.47. The van der Waals surface area contributed by atoms with Gasteiger partial charge in [-0.25, -0.2) is 0 Å². The third kappa shape index (κ3) is 1.99. The van der Waals surface area contributed by atoms with Gasteiger partial charge in [0, 0.05) is 12.0 Å². The van der Waals surface area contributed by atoms with Crippen LogP contribution in [-0.2, 0) is 4.74 Å². The van der Waals surface area contributed by atoms with Crippen LogP contribution >= 0.6 is 0 Å². The molecule has 1 aliphatic rings. The fourth-order valence-electron chi connectivity index (χ4n) is 1.59. The summed E-state index contributed by atoms with van der Waals surface area (Å²) in [6.45, 7) is 7.06. The first-order valence-corrected chi connectivity index (χ1v) is 5.04. The van der Waals surface area contributed by atoms with Crippen LogP contribution in [0.1, 0.15) is 25.6 Å². The van der Waals surface area contributed by atoms with Gasteiger partial charge < -0.3 is 14.5 Å². The van der Waals surface area contributed by atoms with Gasteiger partial charge in [-0.1, -0.05) is 6.92 Å². The van der Waals surface area contributed by atoms with E-state index in [9.17, 15) is 0 Å². The minimum Gasteiger partial charge on any atom is -0.468 e. The van der Waals surface area contributed by atoms with Gasteiger partial charge in [-0.05, 0) is 19.1 Å². The average Bonchev–Trinajstić information content (AvgIpc) is 2.63. The molecule has 1 saturated heterocycles. The van der Waals surface area contributed by atoms with E-state index in [1.807, 2.05) is 12.1 Å². The van der Waals surface area contributed by atoms with Crippen molar-refractivity contribution in [3.05, 3.63) is 24.2 Å². The van der Waals surface area contributed by atoms with Crippen molar-refractivity contribution < 1.29 is 9.15 Å². The van der Waals surface area contributed by atoms with Gasteiger partial charge in [0.05, 0.1) is 25.5 Å².